The normalized spacial score (nSPS) is 22.7. The van der Waals surface area contributed by atoms with Crippen LogP contribution in [-0.2, 0) is 22.6 Å². The number of aliphatic carboxylic acids is 1. The highest BCUT2D eigenvalue weighted by Gasteiger charge is 2.66. The van der Waals surface area contributed by atoms with Crippen molar-refractivity contribution >= 4 is 11.9 Å². The first-order chi connectivity index (χ1) is 9.78. The first-order valence-electron chi connectivity index (χ1n) is 7.34. The molecular weight excluding hydrogens is 266 g/mol. The first kappa shape index (κ1) is 15.5. The molecule has 1 aromatic rings. The van der Waals surface area contributed by atoms with Crippen molar-refractivity contribution in [3.05, 3.63) is 35.4 Å². The second kappa shape index (κ2) is 5.51. The van der Waals surface area contributed by atoms with Gasteiger partial charge in [-0.3, -0.25) is 9.59 Å². The number of rotatable bonds is 5. The highest BCUT2D eigenvalue weighted by molar-refractivity contribution is 5.91. The summed E-state index contributed by atoms with van der Waals surface area (Å²) in [6, 6.07) is 8.17. The predicted molar refractivity (Wildman–Crippen MR) is 80.7 cm³/mol. The molecule has 1 aromatic carbocycles. The molecule has 4 heteroatoms. The van der Waals surface area contributed by atoms with Crippen LogP contribution >= 0.6 is 0 Å². The van der Waals surface area contributed by atoms with E-state index >= 15 is 0 Å². The number of benzene rings is 1. The van der Waals surface area contributed by atoms with Crippen molar-refractivity contribution in [2.24, 2.45) is 17.3 Å². The second-order valence-electron chi connectivity index (χ2n) is 6.48. The van der Waals surface area contributed by atoms with E-state index in [9.17, 15) is 9.59 Å². The predicted octanol–water partition coefficient (Wildman–Crippen LogP) is 2.56. The van der Waals surface area contributed by atoms with E-state index in [0.717, 1.165) is 12.0 Å². The van der Waals surface area contributed by atoms with E-state index < -0.39 is 23.2 Å². The van der Waals surface area contributed by atoms with Gasteiger partial charge < -0.3 is 10.0 Å². The fraction of sp³-hybridized carbons (Fsp3) is 0.529. The van der Waals surface area contributed by atoms with Crippen molar-refractivity contribution in [1.29, 1.82) is 0 Å². The molecule has 0 unspecified atom stereocenters. The van der Waals surface area contributed by atoms with Crippen LogP contribution in [0.15, 0.2) is 24.3 Å². The Morgan fingerprint density at radius 3 is 2.10 bits per heavy atom. The Labute approximate surface area is 125 Å². The molecular formula is C17H23NO3. The van der Waals surface area contributed by atoms with Gasteiger partial charge in [0, 0.05) is 13.6 Å². The number of nitrogens with zero attached hydrogens (tertiary/aromatic N) is 1. The zero-order chi connectivity index (χ0) is 15.8. The molecule has 0 heterocycles. The van der Waals surface area contributed by atoms with Crippen molar-refractivity contribution in [3.8, 4) is 0 Å². The maximum absolute atomic E-state index is 12.4. The summed E-state index contributed by atoms with van der Waals surface area (Å²) >= 11 is 0. The van der Waals surface area contributed by atoms with Gasteiger partial charge in [-0.05, 0) is 23.0 Å². The largest absolute Gasteiger partial charge is 0.481 e. The van der Waals surface area contributed by atoms with Gasteiger partial charge in [-0.1, -0.05) is 45.0 Å². The summed E-state index contributed by atoms with van der Waals surface area (Å²) in [6.07, 6.45) is 0.992. The molecule has 0 bridgehead atoms. The summed E-state index contributed by atoms with van der Waals surface area (Å²) in [4.78, 5) is 25.2. The third-order valence-electron chi connectivity index (χ3n) is 4.59. The monoisotopic (exact) mass is 289 g/mol. The Morgan fingerprint density at radius 2 is 1.67 bits per heavy atom. The number of hydrogen-bond donors (Lipinski definition) is 1. The Kier molecular flexibility index (Phi) is 4.08. The highest BCUT2D eigenvalue weighted by atomic mass is 16.4. The lowest BCUT2D eigenvalue weighted by atomic mass is 10.1. The molecule has 0 saturated heterocycles. The van der Waals surface area contributed by atoms with Crippen LogP contribution in [-0.4, -0.2) is 28.9 Å². The smallest absolute Gasteiger partial charge is 0.307 e. The molecule has 1 aliphatic carbocycles. The van der Waals surface area contributed by atoms with E-state index in [-0.39, 0.29) is 5.91 Å². The first-order valence-corrected chi connectivity index (χ1v) is 7.34. The fourth-order valence-electron chi connectivity index (χ4n) is 3.03. The van der Waals surface area contributed by atoms with Crippen molar-refractivity contribution in [1.82, 2.24) is 4.90 Å². The van der Waals surface area contributed by atoms with Gasteiger partial charge in [0.05, 0.1) is 11.8 Å². The standard InChI is InChI=1S/C17H23NO3/c1-5-11-6-8-12(9-7-11)10-18(4)15(19)13-14(16(20)21)17(13,2)3/h6-9,13-14H,5,10H2,1-4H3,(H,20,21)/t13-,14+/m1/s1. The maximum atomic E-state index is 12.4. The molecule has 0 spiro atoms. The van der Waals surface area contributed by atoms with Crippen LogP contribution in [0.25, 0.3) is 0 Å². The molecule has 0 aliphatic heterocycles. The number of aryl methyl sites for hydroxylation is 1. The van der Waals surface area contributed by atoms with Crippen LogP contribution < -0.4 is 0 Å². The Morgan fingerprint density at radius 1 is 1.14 bits per heavy atom. The average Bonchev–Trinajstić information content (AvgIpc) is 3.01. The molecule has 114 valence electrons. The lowest BCUT2D eigenvalue weighted by molar-refractivity contribution is -0.141. The number of carboxylic acid groups (broad SMARTS) is 1. The quantitative estimate of drug-likeness (QED) is 0.906. The molecule has 1 saturated carbocycles. The van der Waals surface area contributed by atoms with Crippen LogP contribution in [0.3, 0.4) is 0 Å². The van der Waals surface area contributed by atoms with Crippen molar-refractivity contribution in [2.45, 2.75) is 33.7 Å². The minimum atomic E-state index is -0.876. The van der Waals surface area contributed by atoms with E-state index in [4.69, 9.17) is 5.11 Å². The summed E-state index contributed by atoms with van der Waals surface area (Å²) < 4.78 is 0. The van der Waals surface area contributed by atoms with Gasteiger partial charge >= 0.3 is 5.97 Å². The Bertz CT molecular complexity index is 548. The molecule has 1 fully saturated rings. The second-order valence-corrected chi connectivity index (χ2v) is 6.48. The average molecular weight is 289 g/mol. The Hall–Kier alpha value is -1.84. The van der Waals surface area contributed by atoms with E-state index in [2.05, 4.69) is 19.1 Å². The molecule has 0 aromatic heterocycles. The number of carbonyl (C=O) groups is 2. The SMILES string of the molecule is CCc1ccc(CN(C)C(=O)[C@H]2[C@@H](C(=O)O)C2(C)C)cc1. The lowest BCUT2D eigenvalue weighted by Crippen LogP contribution is -2.29. The van der Waals surface area contributed by atoms with Crippen LogP contribution in [0, 0.1) is 17.3 Å². The topological polar surface area (TPSA) is 57.6 Å². The van der Waals surface area contributed by atoms with Gasteiger partial charge in [0.2, 0.25) is 5.91 Å². The van der Waals surface area contributed by atoms with Crippen LogP contribution in [0.2, 0.25) is 0 Å². The number of carboxylic acids is 1. The van der Waals surface area contributed by atoms with E-state index in [0.29, 0.717) is 6.54 Å². The number of hydrogen-bond acceptors (Lipinski definition) is 2. The van der Waals surface area contributed by atoms with E-state index in [1.807, 2.05) is 26.0 Å². The minimum Gasteiger partial charge on any atom is -0.481 e. The zero-order valence-electron chi connectivity index (χ0n) is 13.1. The van der Waals surface area contributed by atoms with Gasteiger partial charge in [0.15, 0.2) is 0 Å². The van der Waals surface area contributed by atoms with Crippen molar-refractivity contribution in [3.63, 3.8) is 0 Å². The molecule has 4 nitrogen and oxygen atoms in total. The third-order valence-corrected chi connectivity index (χ3v) is 4.59. The molecule has 1 amide bonds. The van der Waals surface area contributed by atoms with Gasteiger partial charge in [-0.25, -0.2) is 0 Å². The summed E-state index contributed by atoms with van der Waals surface area (Å²) in [5.74, 6) is -1.92. The van der Waals surface area contributed by atoms with Gasteiger partial charge in [0.25, 0.3) is 0 Å². The van der Waals surface area contributed by atoms with Crippen LogP contribution in [0.4, 0.5) is 0 Å². The highest BCUT2D eigenvalue weighted by Crippen LogP contribution is 2.58. The van der Waals surface area contributed by atoms with E-state index in [1.165, 1.54) is 5.56 Å². The van der Waals surface area contributed by atoms with Gasteiger partial charge in [0.1, 0.15) is 0 Å². The summed E-state index contributed by atoms with van der Waals surface area (Å²) in [5.41, 5.74) is 1.89. The number of carbonyl (C=O) groups excluding carboxylic acids is 1. The van der Waals surface area contributed by atoms with Crippen molar-refractivity contribution < 1.29 is 14.7 Å². The maximum Gasteiger partial charge on any atom is 0.307 e. The summed E-state index contributed by atoms with van der Waals surface area (Å²) in [5, 5.41) is 9.17. The minimum absolute atomic E-state index is 0.0769. The molecule has 1 N–H and O–H groups in total. The van der Waals surface area contributed by atoms with Gasteiger partial charge in [-0.15, -0.1) is 0 Å². The van der Waals surface area contributed by atoms with Crippen LogP contribution in [0.1, 0.15) is 31.9 Å². The molecule has 2 atom stereocenters. The van der Waals surface area contributed by atoms with Gasteiger partial charge in [-0.2, -0.15) is 0 Å². The number of amides is 1. The fourth-order valence-corrected chi connectivity index (χ4v) is 3.03. The summed E-state index contributed by atoms with van der Waals surface area (Å²) in [7, 11) is 1.74. The van der Waals surface area contributed by atoms with Crippen molar-refractivity contribution in [2.75, 3.05) is 7.05 Å². The van der Waals surface area contributed by atoms with Crippen LogP contribution in [0.5, 0.6) is 0 Å². The third kappa shape index (κ3) is 2.94. The molecule has 2 rings (SSSR count). The van der Waals surface area contributed by atoms with E-state index in [1.54, 1.807) is 11.9 Å². The Balaban J connectivity index is 2.02. The molecule has 21 heavy (non-hydrogen) atoms. The molecule has 0 radical (unpaired) electrons. The lowest BCUT2D eigenvalue weighted by Gasteiger charge is -2.18. The summed E-state index contributed by atoms with van der Waals surface area (Å²) in [6.45, 7) is 6.31. The zero-order valence-corrected chi connectivity index (χ0v) is 13.1. The molecule has 1 aliphatic rings.